The molecule has 2 aromatic heterocycles. The van der Waals surface area contributed by atoms with Gasteiger partial charge in [-0.15, -0.1) is 0 Å². The lowest BCUT2D eigenvalue weighted by Gasteiger charge is -2.01. The second-order valence-electron chi connectivity index (χ2n) is 3.66. The summed E-state index contributed by atoms with van der Waals surface area (Å²) in [5, 5.41) is 0. The van der Waals surface area contributed by atoms with Gasteiger partial charge in [0.15, 0.2) is 3.83 Å². The Morgan fingerprint density at radius 3 is 3.00 bits per heavy atom. The summed E-state index contributed by atoms with van der Waals surface area (Å²) in [6.45, 7) is 2.16. The highest BCUT2D eigenvalue weighted by atomic mass is 127. The van der Waals surface area contributed by atoms with Crippen LogP contribution in [0.15, 0.2) is 24.5 Å². The number of hydrogen-bond donors (Lipinski definition) is 0. The van der Waals surface area contributed by atoms with E-state index in [1.165, 1.54) is 0 Å². The van der Waals surface area contributed by atoms with Crippen LogP contribution in [0.25, 0.3) is 11.4 Å². The minimum absolute atomic E-state index is 0.317. The van der Waals surface area contributed by atoms with Crippen LogP contribution in [0.3, 0.4) is 0 Å². The highest BCUT2D eigenvalue weighted by Crippen LogP contribution is 2.20. The first-order valence-corrected chi connectivity index (χ1v) is 6.52. The lowest BCUT2D eigenvalue weighted by atomic mass is 10.2. The lowest BCUT2D eigenvalue weighted by molar-refractivity contribution is 0.0526. The van der Waals surface area contributed by atoms with E-state index in [2.05, 4.69) is 32.6 Å². The van der Waals surface area contributed by atoms with Crippen LogP contribution in [0, 0.1) is 3.83 Å². The molecule has 0 spiro atoms. The summed E-state index contributed by atoms with van der Waals surface area (Å²) >= 11 is 2.05. The fourth-order valence-electron chi connectivity index (χ4n) is 1.62. The maximum Gasteiger partial charge on any atom is 0.339 e. The topological polar surface area (TPSA) is 57.0 Å². The Kier molecular flexibility index (Phi) is 3.95. The van der Waals surface area contributed by atoms with Gasteiger partial charge in [0.25, 0.3) is 0 Å². The average Bonchev–Trinajstić information content (AvgIpc) is 2.72. The molecule has 0 fully saturated rings. The Bertz CT molecular complexity index is 580. The third kappa shape index (κ3) is 2.69. The zero-order valence-electron chi connectivity index (χ0n) is 10.1. The predicted octanol–water partition coefficient (Wildman–Crippen LogP) is 2.26. The van der Waals surface area contributed by atoms with Crippen LogP contribution in [0.2, 0.25) is 0 Å². The van der Waals surface area contributed by atoms with Gasteiger partial charge in [-0.25, -0.2) is 14.8 Å². The zero-order chi connectivity index (χ0) is 13.1. The minimum Gasteiger partial charge on any atom is -0.462 e. The Labute approximate surface area is 118 Å². The molecule has 0 saturated heterocycles. The van der Waals surface area contributed by atoms with Crippen molar-refractivity contribution in [1.82, 2.24) is 14.5 Å². The zero-order valence-corrected chi connectivity index (χ0v) is 12.2. The van der Waals surface area contributed by atoms with Crippen LogP contribution < -0.4 is 0 Å². The van der Waals surface area contributed by atoms with Gasteiger partial charge >= 0.3 is 5.97 Å². The van der Waals surface area contributed by atoms with Crippen molar-refractivity contribution in [3.8, 4) is 11.4 Å². The van der Waals surface area contributed by atoms with Crippen molar-refractivity contribution in [2.45, 2.75) is 6.92 Å². The van der Waals surface area contributed by atoms with Crippen LogP contribution in [0.5, 0.6) is 0 Å². The molecule has 0 bridgehead atoms. The van der Waals surface area contributed by atoms with Gasteiger partial charge in [-0.1, -0.05) is 0 Å². The molecule has 0 amide bonds. The van der Waals surface area contributed by atoms with Gasteiger partial charge in [-0.3, -0.25) is 0 Å². The van der Waals surface area contributed by atoms with Crippen molar-refractivity contribution >= 4 is 28.6 Å². The third-order valence-electron chi connectivity index (χ3n) is 2.40. The Balaban J connectivity index is 2.38. The van der Waals surface area contributed by atoms with Gasteiger partial charge in [-0.05, 0) is 19.1 Å². The van der Waals surface area contributed by atoms with E-state index in [0.29, 0.717) is 16.0 Å². The van der Waals surface area contributed by atoms with Crippen LogP contribution in [-0.4, -0.2) is 27.1 Å². The van der Waals surface area contributed by atoms with Crippen molar-refractivity contribution in [2.75, 3.05) is 6.61 Å². The maximum atomic E-state index is 11.6. The van der Waals surface area contributed by atoms with E-state index in [-0.39, 0.29) is 5.97 Å². The molecule has 2 rings (SSSR count). The Morgan fingerprint density at radius 1 is 1.56 bits per heavy atom. The van der Waals surface area contributed by atoms with Gasteiger partial charge in [0.05, 0.1) is 23.6 Å². The quantitative estimate of drug-likeness (QED) is 0.481. The molecule has 6 heteroatoms. The number of carbonyl (C=O) groups is 1. The van der Waals surface area contributed by atoms with Crippen LogP contribution in [0.4, 0.5) is 0 Å². The second kappa shape index (κ2) is 5.47. The van der Waals surface area contributed by atoms with E-state index < -0.39 is 0 Å². The number of aryl methyl sites for hydroxylation is 1. The van der Waals surface area contributed by atoms with E-state index in [1.54, 1.807) is 25.4 Å². The minimum atomic E-state index is -0.317. The number of nitrogens with zero attached hydrogens (tertiary/aromatic N) is 3. The summed E-state index contributed by atoms with van der Waals surface area (Å²) in [6, 6.07) is 3.59. The smallest absolute Gasteiger partial charge is 0.339 e. The molecule has 0 aliphatic heterocycles. The summed E-state index contributed by atoms with van der Waals surface area (Å²) in [4.78, 5) is 20.0. The molecule has 94 valence electrons. The molecule has 0 N–H and O–H groups in total. The van der Waals surface area contributed by atoms with Gasteiger partial charge in [-0.2, -0.15) is 0 Å². The molecule has 2 aromatic rings. The number of hydrogen-bond acceptors (Lipinski definition) is 4. The molecule has 0 aliphatic carbocycles. The molecule has 0 unspecified atom stereocenters. The van der Waals surface area contributed by atoms with Gasteiger partial charge in [0.2, 0.25) is 0 Å². The SMILES string of the molecule is CCOC(=O)c1cc(-c2ccnc(I)n2)n(C)c1. The molecule has 18 heavy (non-hydrogen) atoms. The standard InChI is InChI=1S/C12H12IN3O2/c1-3-18-11(17)8-6-10(16(2)7-8)9-4-5-14-12(13)15-9/h4-7H,3H2,1-2H3. The normalized spacial score (nSPS) is 10.4. The third-order valence-corrected chi connectivity index (χ3v) is 2.92. The highest BCUT2D eigenvalue weighted by molar-refractivity contribution is 14.1. The average molecular weight is 357 g/mol. The summed E-state index contributed by atoms with van der Waals surface area (Å²) in [6.07, 6.45) is 3.43. The van der Waals surface area contributed by atoms with Crippen LogP contribution in [0.1, 0.15) is 17.3 Å². The van der Waals surface area contributed by atoms with Crippen molar-refractivity contribution in [2.24, 2.45) is 7.05 Å². The molecule has 0 aromatic carbocycles. The van der Waals surface area contributed by atoms with Crippen molar-refractivity contribution < 1.29 is 9.53 Å². The maximum absolute atomic E-state index is 11.6. The number of esters is 1. The molecule has 0 aliphatic rings. The largest absolute Gasteiger partial charge is 0.462 e. The second-order valence-corrected chi connectivity index (χ2v) is 4.62. The fourth-order valence-corrected chi connectivity index (χ4v) is 2.04. The van der Waals surface area contributed by atoms with E-state index in [9.17, 15) is 4.79 Å². The molecule has 0 atom stereocenters. The Hall–Kier alpha value is -1.44. The summed E-state index contributed by atoms with van der Waals surface area (Å²) in [5.41, 5.74) is 2.17. The van der Waals surface area contributed by atoms with E-state index in [4.69, 9.17) is 4.74 Å². The summed E-state index contributed by atoms with van der Waals surface area (Å²) < 4.78 is 7.49. The summed E-state index contributed by atoms with van der Waals surface area (Å²) in [5.74, 6) is -0.317. The number of aromatic nitrogens is 3. The highest BCUT2D eigenvalue weighted by Gasteiger charge is 2.13. The van der Waals surface area contributed by atoms with E-state index >= 15 is 0 Å². The molecule has 2 heterocycles. The van der Waals surface area contributed by atoms with Crippen molar-refractivity contribution in [1.29, 1.82) is 0 Å². The monoisotopic (exact) mass is 357 g/mol. The summed E-state index contributed by atoms with van der Waals surface area (Å²) in [7, 11) is 1.87. The van der Waals surface area contributed by atoms with Crippen molar-refractivity contribution in [3.63, 3.8) is 0 Å². The molecule has 0 saturated carbocycles. The van der Waals surface area contributed by atoms with E-state index in [0.717, 1.165) is 11.4 Å². The van der Waals surface area contributed by atoms with Crippen LogP contribution in [-0.2, 0) is 11.8 Å². The van der Waals surface area contributed by atoms with Crippen LogP contribution >= 0.6 is 22.6 Å². The predicted molar refractivity (Wildman–Crippen MR) is 75.1 cm³/mol. The fraction of sp³-hybridized carbons (Fsp3) is 0.250. The molecule has 0 radical (unpaired) electrons. The first-order chi connectivity index (χ1) is 8.61. The number of halogens is 1. The molecular formula is C12H12IN3O2. The molecule has 5 nitrogen and oxygen atoms in total. The van der Waals surface area contributed by atoms with Gasteiger partial charge in [0, 0.05) is 42.0 Å². The first-order valence-electron chi connectivity index (χ1n) is 5.44. The number of ether oxygens (including phenoxy) is 1. The van der Waals surface area contributed by atoms with E-state index in [1.807, 2.05) is 17.7 Å². The number of rotatable bonds is 3. The molecular weight excluding hydrogens is 345 g/mol. The lowest BCUT2D eigenvalue weighted by Crippen LogP contribution is -2.02. The Morgan fingerprint density at radius 2 is 2.33 bits per heavy atom. The van der Waals surface area contributed by atoms with Gasteiger partial charge in [0.1, 0.15) is 0 Å². The van der Waals surface area contributed by atoms with Crippen molar-refractivity contribution in [3.05, 3.63) is 33.9 Å². The van der Waals surface area contributed by atoms with Gasteiger partial charge < -0.3 is 9.30 Å². The number of carbonyl (C=O) groups excluding carboxylic acids is 1. The first kappa shape index (κ1) is 13.0.